The van der Waals surface area contributed by atoms with E-state index in [1.807, 2.05) is 0 Å². The Bertz CT molecular complexity index is 476. The number of methoxy groups -OCH3 is 1. The first-order chi connectivity index (χ1) is 9.61. The van der Waals surface area contributed by atoms with E-state index in [9.17, 15) is 9.18 Å². The summed E-state index contributed by atoms with van der Waals surface area (Å²) in [5.41, 5.74) is 0.0834. The molecule has 1 heterocycles. The van der Waals surface area contributed by atoms with Crippen LogP contribution in [-0.4, -0.2) is 37.4 Å². The number of Topliss-reactive ketones (excluding diaryl/α,β-unsaturated/α-hetero) is 1. The number of hydrogen-bond acceptors (Lipinski definition) is 3. The Morgan fingerprint density at radius 1 is 1.50 bits per heavy atom. The van der Waals surface area contributed by atoms with Crippen LogP contribution >= 0.6 is 0 Å². The smallest absolute Gasteiger partial charge is 0.170 e. The molecule has 0 saturated carbocycles. The fraction of sp³-hybridized carbons (Fsp3) is 0.562. The number of carbonyl (C=O) groups is 1. The summed E-state index contributed by atoms with van der Waals surface area (Å²) in [5, 5.41) is 0. The second-order valence-electron chi connectivity index (χ2n) is 5.54. The minimum atomic E-state index is -0.499. The van der Waals surface area contributed by atoms with E-state index in [1.54, 1.807) is 12.1 Å². The molecule has 2 rings (SSSR count). The van der Waals surface area contributed by atoms with Gasteiger partial charge in [-0.1, -0.05) is 13.0 Å². The van der Waals surface area contributed by atoms with E-state index in [0.29, 0.717) is 24.6 Å². The molecule has 0 radical (unpaired) electrons. The van der Waals surface area contributed by atoms with Crippen molar-refractivity contribution < 1.29 is 13.9 Å². The number of halogens is 1. The first kappa shape index (κ1) is 15.0. The van der Waals surface area contributed by atoms with Crippen LogP contribution in [0.3, 0.4) is 0 Å². The predicted octanol–water partition coefficient (Wildman–Crippen LogP) is 3.14. The van der Waals surface area contributed by atoms with Crippen molar-refractivity contribution in [3.05, 3.63) is 29.6 Å². The summed E-state index contributed by atoms with van der Waals surface area (Å²) in [5.74, 6) is 0.323. The number of ether oxygens (including phenoxy) is 1. The molecular formula is C16H22FNO2. The van der Waals surface area contributed by atoms with Gasteiger partial charge in [0.15, 0.2) is 5.78 Å². The number of ketones is 1. The van der Waals surface area contributed by atoms with Crippen molar-refractivity contribution in [1.29, 1.82) is 0 Å². The van der Waals surface area contributed by atoms with Crippen LogP contribution < -0.4 is 4.74 Å². The molecule has 0 aromatic heterocycles. The van der Waals surface area contributed by atoms with Crippen LogP contribution in [0, 0.1) is 11.7 Å². The van der Waals surface area contributed by atoms with Crippen molar-refractivity contribution in [1.82, 2.24) is 4.90 Å². The maximum absolute atomic E-state index is 13.8. The fourth-order valence-electron chi connectivity index (χ4n) is 2.82. The Labute approximate surface area is 119 Å². The summed E-state index contributed by atoms with van der Waals surface area (Å²) in [6.07, 6.45) is 2.77. The van der Waals surface area contributed by atoms with Gasteiger partial charge in [0, 0.05) is 19.5 Å². The number of likely N-dealkylation sites (tertiary alicyclic amines) is 1. The summed E-state index contributed by atoms with van der Waals surface area (Å²) in [7, 11) is 1.46. The lowest BCUT2D eigenvalue weighted by Gasteiger charge is -2.30. The Morgan fingerprint density at radius 2 is 2.30 bits per heavy atom. The van der Waals surface area contributed by atoms with Gasteiger partial charge in [0.25, 0.3) is 0 Å². The molecule has 0 bridgehead atoms. The summed E-state index contributed by atoms with van der Waals surface area (Å²) in [6.45, 7) is 4.99. The predicted molar refractivity (Wildman–Crippen MR) is 76.7 cm³/mol. The standard InChI is InChI=1S/C16H22FNO2/c1-12-5-4-9-18(11-12)10-8-14(19)16-13(17)6-3-7-15(16)20-2/h3,6-7,12H,4-5,8-11H2,1-2H3. The molecule has 4 heteroatoms. The van der Waals surface area contributed by atoms with E-state index in [2.05, 4.69) is 11.8 Å². The van der Waals surface area contributed by atoms with Crippen molar-refractivity contribution in [2.45, 2.75) is 26.2 Å². The van der Waals surface area contributed by atoms with Gasteiger partial charge in [-0.2, -0.15) is 0 Å². The molecule has 0 N–H and O–H groups in total. The van der Waals surface area contributed by atoms with Crippen LogP contribution in [0.15, 0.2) is 18.2 Å². The topological polar surface area (TPSA) is 29.5 Å². The average molecular weight is 279 g/mol. The number of piperidine rings is 1. The van der Waals surface area contributed by atoms with Gasteiger partial charge in [0.1, 0.15) is 11.6 Å². The molecule has 1 aromatic rings. The van der Waals surface area contributed by atoms with E-state index in [4.69, 9.17) is 4.74 Å². The van der Waals surface area contributed by atoms with Crippen molar-refractivity contribution in [2.24, 2.45) is 5.92 Å². The molecule has 1 aliphatic heterocycles. The van der Waals surface area contributed by atoms with Crippen LogP contribution in [0.2, 0.25) is 0 Å². The van der Waals surface area contributed by atoms with Gasteiger partial charge in [-0.25, -0.2) is 4.39 Å². The van der Waals surface area contributed by atoms with Crippen LogP contribution in [0.25, 0.3) is 0 Å². The highest BCUT2D eigenvalue weighted by Gasteiger charge is 2.20. The third kappa shape index (κ3) is 3.57. The van der Waals surface area contributed by atoms with E-state index in [-0.39, 0.29) is 11.3 Å². The lowest BCUT2D eigenvalue weighted by Crippen LogP contribution is -2.35. The zero-order valence-corrected chi connectivity index (χ0v) is 12.2. The first-order valence-corrected chi connectivity index (χ1v) is 7.20. The zero-order valence-electron chi connectivity index (χ0n) is 12.2. The van der Waals surface area contributed by atoms with Gasteiger partial charge < -0.3 is 9.64 Å². The number of carbonyl (C=O) groups excluding carboxylic acids is 1. The molecule has 3 nitrogen and oxygen atoms in total. The Hall–Kier alpha value is -1.42. The zero-order chi connectivity index (χ0) is 14.5. The summed E-state index contributed by atoms with van der Waals surface area (Å²) in [6, 6.07) is 4.48. The molecular weight excluding hydrogens is 257 g/mol. The second-order valence-corrected chi connectivity index (χ2v) is 5.54. The summed E-state index contributed by atoms with van der Waals surface area (Å²) in [4.78, 5) is 14.5. The highest BCUT2D eigenvalue weighted by atomic mass is 19.1. The van der Waals surface area contributed by atoms with Gasteiger partial charge in [0.2, 0.25) is 0 Å². The van der Waals surface area contributed by atoms with Crippen molar-refractivity contribution in [3.63, 3.8) is 0 Å². The van der Waals surface area contributed by atoms with Crippen molar-refractivity contribution in [3.8, 4) is 5.75 Å². The van der Waals surface area contributed by atoms with Crippen molar-refractivity contribution >= 4 is 5.78 Å². The van der Waals surface area contributed by atoms with Gasteiger partial charge in [0.05, 0.1) is 12.7 Å². The number of benzene rings is 1. The average Bonchev–Trinajstić information content (AvgIpc) is 2.44. The molecule has 110 valence electrons. The molecule has 1 aliphatic rings. The van der Waals surface area contributed by atoms with E-state index < -0.39 is 5.82 Å². The van der Waals surface area contributed by atoms with Gasteiger partial charge in [-0.15, -0.1) is 0 Å². The second kappa shape index (κ2) is 6.84. The quantitative estimate of drug-likeness (QED) is 0.776. The molecule has 0 aliphatic carbocycles. The molecule has 1 fully saturated rings. The Morgan fingerprint density at radius 3 is 3.00 bits per heavy atom. The Balaban J connectivity index is 1.98. The lowest BCUT2D eigenvalue weighted by molar-refractivity contribution is 0.0942. The molecule has 20 heavy (non-hydrogen) atoms. The maximum atomic E-state index is 13.8. The van der Waals surface area contributed by atoms with E-state index >= 15 is 0 Å². The van der Waals surface area contributed by atoms with Crippen molar-refractivity contribution in [2.75, 3.05) is 26.7 Å². The molecule has 1 unspecified atom stereocenters. The minimum Gasteiger partial charge on any atom is -0.496 e. The third-order valence-corrected chi connectivity index (χ3v) is 3.87. The van der Waals surface area contributed by atoms with Gasteiger partial charge >= 0.3 is 0 Å². The van der Waals surface area contributed by atoms with Crippen LogP contribution in [0.1, 0.15) is 36.5 Å². The highest BCUT2D eigenvalue weighted by Crippen LogP contribution is 2.23. The van der Waals surface area contributed by atoms with E-state index in [0.717, 1.165) is 13.1 Å². The van der Waals surface area contributed by atoms with Crippen LogP contribution in [0.4, 0.5) is 4.39 Å². The number of nitrogens with zero attached hydrogens (tertiary/aromatic N) is 1. The number of hydrogen-bond donors (Lipinski definition) is 0. The molecule has 1 atom stereocenters. The highest BCUT2D eigenvalue weighted by molar-refractivity contribution is 5.99. The normalized spacial score (nSPS) is 19.9. The molecule has 1 saturated heterocycles. The van der Waals surface area contributed by atoms with Crippen LogP contribution in [-0.2, 0) is 0 Å². The Kier molecular flexibility index (Phi) is 5.12. The molecule has 0 amide bonds. The SMILES string of the molecule is COc1cccc(F)c1C(=O)CCN1CCCC(C)C1. The van der Waals surface area contributed by atoms with Gasteiger partial charge in [-0.3, -0.25) is 4.79 Å². The van der Waals surface area contributed by atoms with Crippen LogP contribution in [0.5, 0.6) is 5.75 Å². The largest absolute Gasteiger partial charge is 0.496 e. The molecule has 1 aromatic carbocycles. The summed E-state index contributed by atoms with van der Waals surface area (Å²) < 4.78 is 18.9. The summed E-state index contributed by atoms with van der Waals surface area (Å²) >= 11 is 0. The molecule has 0 spiro atoms. The number of rotatable bonds is 5. The first-order valence-electron chi connectivity index (χ1n) is 7.20. The monoisotopic (exact) mass is 279 g/mol. The van der Waals surface area contributed by atoms with Gasteiger partial charge in [-0.05, 0) is 37.4 Å². The lowest BCUT2D eigenvalue weighted by atomic mass is 9.99. The third-order valence-electron chi connectivity index (χ3n) is 3.87. The maximum Gasteiger partial charge on any atom is 0.170 e. The minimum absolute atomic E-state index is 0.0834. The van der Waals surface area contributed by atoms with E-state index in [1.165, 1.54) is 26.0 Å². The fourth-order valence-corrected chi connectivity index (χ4v) is 2.82.